The Morgan fingerprint density at radius 3 is 2.56 bits per heavy atom. The van der Waals surface area contributed by atoms with Crippen LogP contribution in [-0.2, 0) is 4.79 Å². The lowest BCUT2D eigenvalue weighted by atomic mass is 10.2. The van der Waals surface area contributed by atoms with Gasteiger partial charge in [-0.1, -0.05) is 11.6 Å². The number of carbonyl (C=O) groups is 1. The highest BCUT2D eigenvalue weighted by Gasteiger charge is 2.16. The summed E-state index contributed by atoms with van der Waals surface area (Å²) < 4.78 is 5.52. The second-order valence-electron chi connectivity index (χ2n) is 3.90. The van der Waals surface area contributed by atoms with Crippen LogP contribution in [-0.4, -0.2) is 31.0 Å². The molecule has 4 heteroatoms. The lowest BCUT2D eigenvalue weighted by molar-refractivity contribution is -0.135. The maximum atomic E-state index is 11.6. The molecule has 0 aliphatic heterocycles. The largest absolute Gasteiger partial charge is 0.481 e. The molecule has 0 radical (unpaired) electrons. The summed E-state index contributed by atoms with van der Waals surface area (Å²) >= 11 is 5.90. The Morgan fingerprint density at radius 2 is 2.06 bits per heavy atom. The van der Waals surface area contributed by atoms with Crippen molar-refractivity contribution in [2.24, 2.45) is 0 Å². The molecule has 0 fully saturated rings. The molecule has 0 spiro atoms. The number of aryl methyl sites for hydroxylation is 1. The minimum absolute atomic E-state index is 0.0624. The summed E-state index contributed by atoms with van der Waals surface area (Å²) in [5.41, 5.74) is 0.934. The average molecular weight is 242 g/mol. The van der Waals surface area contributed by atoms with Crippen molar-refractivity contribution in [2.75, 3.05) is 14.1 Å². The van der Waals surface area contributed by atoms with Crippen LogP contribution in [0.5, 0.6) is 5.75 Å². The number of likely N-dealkylation sites (N-methyl/N-ethyl adjacent to an activating group) is 1. The van der Waals surface area contributed by atoms with Crippen LogP contribution in [0.15, 0.2) is 18.2 Å². The first kappa shape index (κ1) is 12.8. The highest BCUT2D eigenvalue weighted by atomic mass is 35.5. The maximum Gasteiger partial charge on any atom is 0.262 e. The number of nitrogens with zero attached hydrogens (tertiary/aromatic N) is 1. The van der Waals surface area contributed by atoms with Crippen LogP contribution in [0.3, 0.4) is 0 Å². The van der Waals surface area contributed by atoms with Gasteiger partial charge in [0.1, 0.15) is 5.75 Å². The summed E-state index contributed by atoms with van der Waals surface area (Å²) in [5, 5.41) is 0.693. The lowest BCUT2D eigenvalue weighted by Gasteiger charge is -2.18. The molecule has 0 saturated heterocycles. The zero-order chi connectivity index (χ0) is 12.3. The molecule has 88 valence electrons. The van der Waals surface area contributed by atoms with E-state index < -0.39 is 6.10 Å². The first-order chi connectivity index (χ1) is 7.41. The van der Waals surface area contributed by atoms with Gasteiger partial charge in [-0.15, -0.1) is 0 Å². The van der Waals surface area contributed by atoms with Crippen molar-refractivity contribution in [1.82, 2.24) is 4.90 Å². The van der Waals surface area contributed by atoms with Gasteiger partial charge in [0.2, 0.25) is 0 Å². The number of benzene rings is 1. The SMILES string of the molecule is Cc1cc(O[C@H](C)C(=O)N(C)C)ccc1Cl. The van der Waals surface area contributed by atoms with E-state index in [1.54, 1.807) is 33.2 Å². The van der Waals surface area contributed by atoms with Gasteiger partial charge in [0.15, 0.2) is 6.10 Å². The molecule has 1 aromatic carbocycles. The van der Waals surface area contributed by atoms with Crippen LogP contribution in [0.2, 0.25) is 5.02 Å². The van der Waals surface area contributed by atoms with Crippen LogP contribution in [0.25, 0.3) is 0 Å². The second kappa shape index (κ2) is 5.21. The number of carbonyl (C=O) groups excluding carboxylic acids is 1. The topological polar surface area (TPSA) is 29.5 Å². The van der Waals surface area contributed by atoms with Crippen molar-refractivity contribution in [3.8, 4) is 5.75 Å². The van der Waals surface area contributed by atoms with E-state index in [-0.39, 0.29) is 5.91 Å². The van der Waals surface area contributed by atoms with E-state index in [1.807, 2.05) is 13.0 Å². The predicted molar refractivity (Wildman–Crippen MR) is 65.0 cm³/mol. The van der Waals surface area contributed by atoms with Crippen molar-refractivity contribution in [3.63, 3.8) is 0 Å². The van der Waals surface area contributed by atoms with Gasteiger partial charge < -0.3 is 9.64 Å². The van der Waals surface area contributed by atoms with E-state index in [1.165, 1.54) is 4.90 Å². The van der Waals surface area contributed by atoms with Crippen LogP contribution in [0.1, 0.15) is 12.5 Å². The quantitative estimate of drug-likeness (QED) is 0.814. The Balaban J connectivity index is 2.73. The van der Waals surface area contributed by atoms with Gasteiger partial charge in [0.05, 0.1) is 0 Å². The van der Waals surface area contributed by atoms with Gasteiger partial charge in [-0.3, -0.25) is 4.79 Å². The van der Waals surface area contributed by atoms with Gasteiger partial charge in [0.25, 0.3) is 5.91 Å². The number of rotatable bonds is 3. The third-order valence-electron chi connectivity index (χ3n) is 2.23. The van der Waals surface area contributed by atoms with Crippen molar-refractivity contribution in [1.29, 1.82) is 0 Å². The minimum atomic E-state index is -0.490. The lowest BCUT2D eigenvalue weighted by Crippen LogP contribution is -2.35. The fourth-order valence-electron chi connectivity index (χ4n) is 1.31. The monoisotopic (exact) mass is 241 g/mol. The van der Waals surface area contributed by atoms with Crippen molar-refractivity contribution < 1.29 is 9.53 Å². The Labute approximate surface area is 101 Å². The summed E-state index contributed by atoms with van der Waals surface area (Å²) in [5.74, 6) is 0.595. The van der Waals surface area contributed by atoms with Crippen molar-refractivity contribution in [3.05, 3.63) is 28.8 Å². The third-order valence-corrected chi connectivity index (χ3v) is 2.65. The summed E-state index contributed by atoms with van der Waals surface area (Å²) in [7, 11) is 3.41. The molecule has 0 aromatic heterocycles. The molecule has 1 rings (SSSR count). The zero-order valence-electron chi connectivity index (χ0n) is 9.95. The average Bonchev–Trinajstić information content (AvgIpc) is 2.22. The fourth-order valence-corrected chi connectivity index (χ4v) is 1.43. The van der Waals surface area contributed by atoms with Crippen molar-refractivity contribution >= 4 is 17.5 Å². The normalized spacial score (nSPS) is 12.1. The van der Waals surface area contributed by atoms with E-state index >= 15 is 0 Å². The van der Waals surface area contributed by atoms with E-state index in [0.717, 1.165) is 5.56 Å². The molecule has 0 bridgehead atoms. The molecule has 16 heavy (non-hydrogen) atoms. The molecule has 0 aliphatic carbocycles. The molecule has 1 aromatic rings. The summed E-state index contributed by atoms with van der Waals surface area (Å²) in [6.45, 7) is 3.62. The Hall–Kier alpha value is -1.22. The first-order valence-electron chi connectivity index (χ1n) is 5.06. The third kappa shape index (κ3) is 3.14. The van der Waals surface area contributed by atoms with Crippen LogP contribution in [0.4, 0.5) is 0 Å². The van der Waals surface area contributed by atoms with Crippen LogP contribution in [0, 0.1) is 6.92 Å². The molecule has 0 unspecified atom stereocenters. The molecular weight excluding hydrogens is 226 g/mol. The first-order valence-corrected chi connectivity index (χ1v) is 5.43. The number of halogens is 1. The van der Waals surface area contributed by atoms with Crippen LogP contribution >= 0.6 is 11.6 Å². The van der Waals surface area contributed by atoms with Gasteiger partial charge in [-0.05, 0) is 37.6 Å². The summed E-state index contributed by atoms with van der Waals surface area (Å²) in [6, 6.07) is 5.34. The molecule has 0 heterocycles. The van der Waals surface area contributed by atoms with Gasteiger partial charge in [-0.25, -0.2) is 0 Å². The molecule has 0 N–H and O–H groups in total. The highest BCUT2D eigenvalue weighted by molar-refractivity contribution is 6.31. The summed E-state index contributed by atoms with van der Waals surface area (Å²) in [4.78, 5) is 13.1. The van der Waals surface area contributed by atoms with Gasteiger partial charge in [0, 0.05) is 19.1 Å². The summed E-state index contributed by atoms with van der Waals surface area (Å²) in [6.07, 6.45) is -0.490. The Kier molecular flexibility index (Phi) is 4.19. The minimum Gasteiger partial charge on any atom is -0.481 e. The molecular formula is C12H16ClNO2. The van der Waals surface area contributed by atoms with Crippen molar-refractivity contribution in [2.45, 2.75) is 20.0 Å². The van der Waals surface area contributed by atoms with Gasteiger partial charge >= 0.3 is 0 Å². The smallest absolute Gasteiger partial charge is 0.262 e. The highest BCUT2D eigenvalue weighted by Crippen LogP contribution is 2.21. The second-order valence-corrected chi connectivity index (χ2v) is 4.31. The maximum absolute atomic E-state index is 11.6. The molecule has 3 nitrogen and oxygen atoms in total. The zero-order valence-corrected chi connectivity index (χ0v) is 10.7. The molecule has 1 atom stereocenters. The van der Waals surface area contributed by atoms with E-state index in [9.17, 15) is 4.79 Å². The number of hydrogen-bond acceptors (Lipinski definition) is 2. The molecule has 0 saturated carbocycles. The molecule has 1 amide bonds. The number of ether oxygens (including phenoxy) is 1. The Bertz CT molecular complexity index is 391. The number of hydrogen-bond donors (Lipinski definition) is 0. The standard InChI is InChI=1S/C12H16ClNO2/c1-8-7-10(5-6-11(8)13)16-9(2)12(15)14(3)4/h5-7,9H,1-4H3/t9-/m1/s1. The number of amides is 1. The Morgan fingerprint density at radius 1 is 1.44 bits per heavy atom. The van der Waals surface area contributed by atoms with Gasteiger partial charge in [-0.2, -0.15) is 0 Å². The molecule has 0 aliphatic rings. The predicted octanol–water partition coefficient (Wildman–Crippen LogP) is 2.50. The van der Waals surface area contributed by atoms with E-state index in [2.05, 4.69) is 0 Å². The fraction of sp³-hybridized carbons (Fsp3) is 0.417. The van der Waals surface area contributed by atoms with E-state index in [4.69, 9.17) is 16.3 Å². The van der Waals surface area contributed by atoms with E-state index in [0.29, 0.717) is 10.8 Å². The van der Waals surface area contributed by atoms with Crippen LogP contribution < -0.4 is 4.74 Å².